The van der Waals surface area contributed by atoms with Gasteiger partial charge in [0.15, 0.2) is 0 Å². The van der Waals surface area contributed by atoms with Gasteiger partial charge in [-0.05, 0) is 36.5 Å². The smallest absolute Gasteiger partial charge is 0.305 e. The highest BCUT2D eigenvalue weighted by molar-refractivity contribution is 6.07. The summed E-state index contributed by atoms with van der Waals surface area (Å²) in [6.45, 7) is 2.46. The predicted molar refractivity (Wildman–Crippen MR) is 75.8 cm³/mol. The summed E-state index contributed by atoms with van der Waals surface area (Å²) in [6.07, 6.45) is 3.44. The molecule has 4 nitrogen and oxygen atoms in total. The zero-order valence-electron chi connectivity index (χ0n) is 12.1. The molecule has 1 aromatic rings. The Bertz CT molecular complexity index is 572. The first-order valence-electron chi connectivity index (χ1n) is 7.39. The summed E-state index contributed by atoms with van der Waals surface area (Å²) in [6, 6.07) is 5.73. The molecule has 112 valence electrons. The van der Waals surface area contributed by atoms with Crippen LogP contribution in [0.25, 0.3) is 0 Å². The molecule has 1 saturated carbocycles. The largest absolute Gasteiger partial charge is 0.325 e. The normalized spacial score (nSPS) is 29.0. The number of urea groups is 1. The van der Waals surface area contributed by atoms with Crippen molar-refractivity contribution in [3.8, 4) is 0 Å². The number of rotatable bonds is 2. The second-order valence-corrected chi connectivity index (χ2v) is 6.20. The molecule has 5 heteroatoms. The molecule has 0 radical (unpaired) electrons. The Morgan fingerprint density at radius 1 is 1.33 bits per heavy atom. The van der Waals surface area contributed by atoms with E-state index < -0.39 is 5.54 Å². The van der Waals surface area contributed by atoms with Gasteiger partial charge in [0.1, 0.15) is 11.4 Å². The van der Waals surface area contributed by atoms with Crippen molar-refractivity contribution in [2.24, 2.45) is 5.92 Å². The number of benzene rings is 1. The van der Waals surface area contributed by atoms with Gasteiger partial charge in [-0.1, -0.05) is 31.9 Å². The van der Waals surface area contributed by atoms with Gasteiger partial charge in [0, 0.05) is 6.54 Å². The fraction of sp³-hybridized carbons (Fsp3) is 0.500. The van der Waals surface area contributed by atoms with E-state index in [9.17, 15) is 14.0 Å². The van der Waals surface area contributed by atoms with Crippen LogP contribution in [0.3, 0.4) is 0 Å². The average molecular weight is 290 g/mol. The lowest BCUT2D eigenvalue weighted by Gasteiger charge is -2.40. The van der Waals surface area contributed by atoms with Crippen molar-refractivity contribution in [1.29, 1.82) is 0 Å². The number of halogens is 1. The molecule has 2 atom stereocenters. The van der Waals surface area contributed by atoms with Crippen LogP contribution in [0.2, 0.25) is 0 Å². The Morgan fingerprint density at radius 2 is 2.05 bits per heavy atom. The number of carbonyl (C=O) groups excluding carboxylic acids is 2. The molecule has 1 saturated heterocycles. The van der Waals surface area contributed by atoms with E-state index in [0.717, 1.165) is 18.4 Å². The predicted octanol–water partition coefficient (Wildman–Crippen LogP) is 2.83. The molecule has 2 unspecified atom stereocenters. The molecule has 1 aliphatic carbocycles. The van der Waals surface area contributed by atoms with Gasteiger partial charge in [-0.15, -0.1) is 0 Å². The molecular weight excluding hydrogens is 271 g/mol. The number of imide groups is 1. The van der Waals surface area contributed by atoms with Gasteiger partial charge in [0.2, 0.25) is 0 Å². The van der Waals surface area contributed by atoms with Gasteiger partial charge < -0.3 is 4.90 Å². The lowest BCUT2D eigenvalue weighted by Crippen LogP contribution is -2.52. The fourth-order valence-corrected chi connectivity index (χ4v) is 3.57. The van der Waals surface area contributed by atoms with Crippen LogP contribution in [0.1, 0.15) is 38.2 Å². The van der Waals surface area contributed by atoms with E-state index in [0.29, 0.717) is 25.3 Å². The summed E-state index contributed by atoms with van der Waals surface area (Å²) in [4.78, 5) is 26.1. The second kappa shape index (κ2) is 5.13. The van der Waals surface area contributed by atoms with Crippen molar-refractivity contribution in [2.75, 3.05) is 0 Å². The van der Waals surface area contributed by atoms with E-state index in [1.165, 1.54) is 12.1 Å². The van der Waals surface area contributed by atoms with Crippen LogP contribution in [0.15, 0.2) is 24.3 Å². The lowest BCUT2D eigenvalue weighted by molar-refractivity contribution is -0.129. The Labute approximate surface area is 123 Å². The third-order valence-electron chi connectivity index (χ3n) is 4.63. The highest BCUT2D eigenvalue weighted by atomic mass is 19.1. The van der Waals surface area contributed by atoms with E-state index in [2.05, 4.69) is 12.2 Å². The Kier molecular flexibility index (Phi) is 3.43. The second-order valence-electron chi connectivity index (χ2n) is 6.20. The first-order chi connectivity index (χ1) is 10.0. The zero-order valence-corrected chi connectivity index (χ0v) is 12.1. The lowest BCUT2D eigenvalue weighted by atomic mass is 9.75. The van der Waals surface area contributed by atoms with E-state index in [1.54, 1.807) is 17.0 Å². The monoisotopic (exact) mass is 290 g/mol. The number of nitrogens with one attached hydrogen (secondary N) is 1. The fourth-order valence-electron chi connectivity index (χ4n) is 3.57. The van der Waals surface area contributed by atoms with Gasteiger partial charge in [-0.3, -0.25) is 10.1 Å². The van der Waals surface area contributed by atoms with Crippen molar-refractivity contribution in [3.63, 3.8) is 0 Å². The third kappa shape index (κ3) is 2.41. The van der Waals surface area contributed by atoms with Crippen LogP contribution in [-0.4, -0.2) is 22.4 Å². The first-order valence-corrected chi connectivity index (χ1v) is 7.39. The van der Waals surface area contributed by atoms with Crippen molar-refractivity contribution in [3.05, 3.63) is 35.6 Å². The molecule has 1 aromatic carbocycles. The van der Waals surface area contributed by atoms with Crippen LogP contribution in [-0.2, 0) is 11.3 Å². The molecule has 1 aliphatic heterocycles. The molecule has 3 rings (SSSR count). The molecule has 2 aliphatic rings. The molecule has 1 heterocycles. The van der Waals surface area contributed by atoms with Crippen LogP contribution in [0.5, 0.6) is 0 Å². The minimum Gasteiger partial charge on any atom is -0.305 e. The first kappa shape index (κ1) is 14.0. The van der Waals surface area contributed by atoms with Gasteiger partial charge in [0.25, 0.3) is 5.91 Å². The number of hydrogen-bond acceptors (Lipinski definition) is 2. The van der Waals surface area contributed by atoms with Crippen LogP contribution in [0, 0.1) is 11.7 Å². The standard InChI is InChI=1S/C16H19FN2O2/c1-11-3-2-8-16(9-11)14(20)18-15(21)19(16)10-12-4-6-13(17)7-5-12/h4-7,11H,2-3,8-10H2,1H3,(H,18,20,21). The van der Waals surface area contributed by atoms with Gasteiger partial charge >= 0.3 is 6.03 Å². The summed E-state index contributed by atoms with van der Waals surface area (Å²) in [5, 5.41) is 2.45. The van der Waals surface area contributed by atoms with E-state index >= 15 is 0 Å². The maximum Gasteiger partial charge on any atom is 0.325 e. The van der Waals surface area contributed by atoms with Crippen molar-refractivity contribution < 1.29 is 14.0 Å². The van der Waals surface area contributed by atoms with Crippen LogP contribution >= 0.6 is 0 Å². The highest BCUT2D eigenvalue weighted by Gasteiger charge is 2.53. The summed E-state index contributed by atoms with van der Waals surface area (Å²) >= 11 is 0. The van der Waals surface area contributed by atoms with E-state index in [-0.39, 0.29) is 17.8 Å². The maximum atomic E-state index is 13.0. The summed E-state index contributed by atoms with van der Waals surface area (Å²) in [5.74, 6) is -0.0611. The summed E-state index contributed by atoms with van der Waals surface area (Å²) in [7, 11) is 0. The van der Waals surface area contributed by atoms with Crippen LogP contribution < -0.4 is 5.32 Å². The highest BCUT2D eigenvalue weighted by Crippen LogP contribution is 2.40. The molecule has 3 amide bonds. The quantitative estimate of drug-likeness (QED) is 0.851. The molecule has 21 heavy (non-hydrogen) atoms. The van der Waals surface area contributed by atoms with Gasteiger partial charge in [0.05, 0.1) is 0 Å². The molecule has 2 fully saturated rings. The Hall–Kier alpha value is -1.91. The number of amides is 3. The topological polar surface area (TPSA) is 49.4 Å². The molecule has 1 N–H and O–H groups in total. The Balaban J connectivity index is 1.88. The van der Waals surface area contributed by atoms with E-state index in [4.69, 9.17) is 0 Å². The molecule has 0 aromatic heterocycles. The molecule has 1 spiro atoms. The summed E-state index contributed by atoms with van der Waals surface area (Å²) < 4.78 is 13.0. The SMILES string of the molecule is CC1CCCC2(C1)C(=O)NC(=O)N2Cc1ccc(F)cc1. The number of carbonyl (C=O) groups is 2. The van der Waals surface area contributed by atoms with Crippen LogP contribution in [0.4, 0.5) is 9.18 Å². The summed E-state index contributed by atoms with van der Waals surface area (Å²) in [5.41, 5.74) is 0.113. The minimum atomic E-state index is -0.719. The van der Waals surface area contributed by atoms with Crippen molar-refractivity contribution in [2.45, 2.75) is 44.7 Å². The Morgan fingerprint density at radius 3 is 2.71 bits per heavy atom. The minimum absolute atomic E-state index is 0.179. The van der Waals surface area contributed by atoms with Crippen molar-refractivity contribution >= 4 is 11.9 Å². The average Bonchev–Trinajstić information content (AvgIpc) is 2.65. The maximum absolute atomic E-state index is 13.0. The number of hydrogen-bond donors (Lipinski definition) is 1. The third-order valence-corrected chi connectivity index (χ3v) is 4.63. The van der Waals surface area contributed by atoms with E-state index in [1.807, 2.05) is 0 Å². The number of nitrogens with zero attached hydrogens (tertiary/aromatic N) is 1. The van der Waals surface area contributed by atoms with Gasteiger partial charge in [-0.25, -0.2) is 9.18 Å². The van der Waals surface area contributed by atoms with Crippen molar-refractivity contribution in [1.82, 2.24) is 10.2 Å². The van der Waals surface area contributed by atoms with Gasteiger partial charge in [-0.2, -0.15) is 0 Å². The molecular formula is C16H19FN2O2. The zero-order chi connectivity index (χ0) is 15.0. The molecule has 0 bridgehead atoms.